The van der Waals surface area contributed by atoms with Crippen LogP contribution in [0.3, 0.4) is 0 Å². The summed E-state index contributed by atoms with van der Waals surface area (Å²) in [6, 6.07) is 2.55. The number of ketones is 3. The van der Waals surface area contributed by atoms with E-state index in [9.17, 15) is 39.6 Å². The van der Waals surface area contributed by atoms with Crippen molar-refractivity contribution in [2.75, 3.05) is 13.7 Å². The van der Waals surface area contributed by atoms with Crippen molar-refractivity contribution in [1.82, 2.24) is 0 Å². The molecule has 248 valence electrons. The van der Waals surface area contributed by atoms with Crippen LogP contribution in [0.5, 0.6) is 17.2 Å². The molecule has 3 aliphatic rings. The monoisotopic (exact) mass is 642 g/mol. The third kappa shape index (κ3) is 5.54. The lowest BCUT2D eigenvalue weighted by atomic mass is 9.72. The SMILES string of the molecule is COc1cccc2c1C(=O)c1c(O)c3c(c(O)c1C2=O)C[C@@](O)(C(=O)COC(=O)[C@@H](N)C(C)C)C[C@@H]3OC1CC(N)C(O)C(C)O1. The number of rotatable bonds is 8. The van der Waals surface area contributed by atoms with Gasteiger partial charge >= 0.3 is 5.97 Å². The van der Waals surface area contributed by atoms with Gasteiger partial charge in [-0.05, 0) is 18.9 Å². The topological polar surface area (TPSA) is 238 Å². The number of carbonyl (C=O) groups is 4. The predicted octanol–water partition coefficient (Wildman–Crippen LogP) is 0.536. The number of fused-ring (bicyclic) bond motifs is 3. The van der Waals surface area contributed by atoms with E-state index in [2.05, 4.69) is 0 Å². The highest BCUT2D eigenvalue weighted by atomic mass is 16.7. The number of esters is 1. The summed E-state index contributed by atoms with van der Waals surface area (Å²) in [5.74, 6) is -5.06. The van der Waals surface area contributed by atoms with E-state index in [4.69, 9.17) is 30.4 Å². The summed E-state index contributed by atoms with van der Waals surface area (Å²) in [6.45, 7) is 4.08. The number of nitrogens with two attached hydrogens (primary N) is 2. The molecule has 1 heterocycles. The Kier molecular flexibility index (Phi) is 8.98. The van der Waals surface area contributed by atoms with E-state index >= 15 is 0 Å². The lowest BCUT2D eigenvalue weighted by molar-refractivity contribution is -0.247. The number of ether oxygens (including phenoxy) is 4. The predicted molar refractivity (Wildman–Crippen MR) is 158 cm³/mol. The zero-order chi connectivity index (χ0) is 33.8. The summed E-state index contributed by atoms with van der Waals surface area (Å²) in [4.78, 5) is 53.3. The molecule has 5 rings (SSSR count). The van der Waals surface area contributed by atoms with Gasteiger partial charge in [0.25, 0.3) is 0 Å². The van der Waals surface area contributed by atoms with Crippen molar-refractivity contribution >= 4 is 23.3 Å². The number of carbonyl (C=O) groups excluding carboxylic acids is 4. The van der Waals surface area contributed by atoms with Gasteiger partial charge in [-0.1, -0.05) is 26.0 Å². The summed E-state index contributed by atoms with van der Waals surface area (Å²) in [5.41, 5.74) is 7.97. The van der Waals surface area contributed by atoms with Gasteiger partial charge in [0.15, 0.2) is 18.7 Å². The summed E-state index contributed by atoms with van der Waals surface area (Å²) < 4.78 is 22.3. The first kappa shape index (κ1) is 33.4. The highest BCUT2D eigenvalue weighted by Crippen LogP contribution is 2.52. The molecule has 0 aromatic heterocycles. The van der Waals surface area contributed by atoms with Crippen molar-refractivity contribution in [3.8, 4) is 17.2 Å². The molecular formula is C32H38N2O12. The van der Waals surface area contributed by atoms with Crippen molar-refractivity contribution in [3.63, 3.8) is 0 Å². The lowest BCUT2D eigenvalue weighted by Crippen LogP contribution is -2.53. The van der Waals surface area contributed by atoms with Crippen molar-refractivity contribution in [2.45, 2.75) is 82.3 Å². The van der Waals surface area contributed by atoms with Crippen LogP contribution in [0.2, 0.25) is 0 Å². The third-order valence-electron chi connectivity index (χ3n) is 9.00. The average molecular weight is 643 g/mol. The number of Topliss-reactive ketones (excluding diaryl/α,β-unsaturated/α-hetero) is 1. The highest BCUT2D eigenvalue weighted by Gasteiger charge is 2.50. The normalized spacial score (nSPS) is 27.8. The number of hydrogen-bond acceptors (Lipinski definition) is 14. The Morgan fingerprint density at radius 1 is 1.11 bits per heavy atom. The minimum absolute atomic E-state index is 0.0197. The zero-order valence-corrected chi connectivity index (χ0v) is 25.8. The first-order chi connectivity index (χ1) is 21.6. The molecule has 0 bridgehead atoms. The van der Waals surface area contributed by atoms with Crippen LogP contribution in [-0.2, 0) is 30.2 Å². The fraction of sp³-hybridized carbons (Fsp3) is 0.500. The van der Waals surface area contributed by atoms with Crippen LogP contribution in [0.25, 0.3) is 0 Å². The molecule has 0 radical (unpaired) electrons. The van der Waals surface area contributed by atoms with E-state index in [0.717, 1.165) is 0 Å². The molecule has 0 spiro atoms. The zero-order valence-electron chi connectivity index (χ0n) is 25.8. The van der Waals surface area contributed by atoms with E-state index in [0.29, 0.717) is 0 Å². The molecule has 1 aliphatic heterocycles. The Labute approximate surface area is 264 Å². The van der Waals surface area contributed by atoms with Gasteiger partial charge in [-0.15, -0.1) is 0 Å². The number of hydrogen-bond donors (Lipinski definition) is 6. The van der Waals surface area contributed by atoms with Gasteiger partial charge in [-0.2, -0.15) is 0 Å². The molecule has 1 saturated heterocycles. The molecule has 2 aromatic carbocycles. The molecule has 2 aliphatic carbocycles. The number of aliphatic hydroxyl groups is 2. The second kappa shape index (κ2) is 12.4. The maximum absolute atomic E-state index is 13.8. The second-order valence-corrected chi connectivity index (χ2v) is 12.4. The number of phenols is 2. The average Bonchev–Trinajstić information content (AvgIpc) is 3.01. The first-order valence-electron chi connectivity index (χ1n) is 14.9. The fourth-order valence-corrected chi connectivity index (χ4v) is 6.24. The van der Waals surface area contributed by atoms with Gasteiger partial charge in [0, 0.05) is 42.0 Å². The summed E-state index contributed by atoms with van der Waals surface area (Å²) >= 11 is 0. The molecule has 2 aromatic rings. The molecule has 14 heteroatoms. The van der Waals surface area contributed by atoms with Gasteiger partial charge in [0.1, 0.15) is 28.9 Å². The smallest absolute Gasteiger partial charge is 0.323 e. The maximum atomic E-state index is 13.8. The van der Waals surface area contributed by atoms with Crippen LogP contribution in [0.1, 0.15) is 82.7 Å². The summed E-state index contributed by atoms with van der Waals surface area (Å²) in [5, 5.41) is 45.2. The first-order valence-corrected chi connectivity index (χ1v) is 14.9. The molecule has 1 fully saturated rings. The van der Waals surface area contributed by atoms with Crippen LogP contribution in [0.15, 0.2) is 18.2 Å². The highest BCUT2D eigenvalue weighted by molar-refractivity contribution is 6.31. The van der Waals surface area contributed by atoms with Crippen LogP contribution in [0.4, 0.5) is 0 Å². The van der Waals surface area contributed by atoms with Crippen LogP contribution < -0.4 is 16.2 Å². The van der Waals surface area contributed by atoms with Crippen molar-refractivity contribution in [2.24, 2.45) is 17.4 Å². The number of aliphatic hydroxyl groups excluding tert-OH is 1. The van der Waals surface area contributed by atoms with Gasteiger partial charge in [-0.25, -0.2) is 0 Å². The van der Waals surface area contributed by atoms with E-state index in [1.807, 2.05) is 0 Å². The second-order valence-electron chi connectivity index (χ2n) is 12.4. The van der Waals surface area contributed by atoms with Crippen molar-refractivity contribution in [3.05, 3.63) is 51.6 Å². The van der Waals surface area contributed by atoms with E-state index < -0.39 is 108 Å². The molecule has 4 unspecified atom stereocenters. The lowest BCUT2D eigenvalue weighted by Gasteiger charge is -2.42. The molecule has 8 N–H and O–H groups in total. The van der Waals surface area contributed by atoms with Crippen molar-refractivity contribution in [1.29, 1.82) is 0 Å². The molecule has 14 nitrogen and oxygen atoms in total. The van der Waals surface area contributed by atoms with Gasteiger partial charge in [0.05, 0.1) is 42.1 Å². The van der Waals surface area contributed by atoms with Crippen LogP contribution in [-0.4, -0.2) is 93.6 Å². The van der Waals surface area contributed by atoms with Gasteiger partial charge in [0.2, 0.25) is 11.6 Å². The van der Waals surface area contributed by atoms with Crippen LogP contribution >= 0.6 is 0 Å². The largest absolute Gasteiger partial charge is 0.507 e. The van der Waals surface area contributed by atoms with Gasteiger partial charge < -0.3 is 50.8 Å². The van der Waals surface area contributed by atoms with E-state index in [1.54, 1.807) is 20.8 Å². The van der Waals surface area contributed by atoms with E-state index in [-0.39, 0.29) is 40.3 Å². The number of aromatic hydroxyl groups is 2. The summed E-state index contributed by atoms with van der Waals surface area (Å²) in [6.07, 6.45) is -5.48. The number of phenolic OH excluding ortho intramolecular Hbond substituents is 2. The minimum Gasteiger partial charge on any atom is -0.507 e. The Balaban J connectivity index is 1.60. The molecular weight excluding hydrogens is 604 g/mol. The number of methoxy groups -OCH3 is 1. The van der Waals surface area contributed by atoms with E-state index in [1.165, 1.54) is 25.3 Å². The quantitative estimate of drug-likeness (QED) is 0.145. The van der Waals surface area contributed by atoms with Crippen molar-refractivity contribution < 1.29 is 58.6 Å². The Hall–Kier alpha value is -3.92. The Bertz CT molecular complexity index is 1590. The van der Waals surface area contributed by atoms with Crippen LogP contribution in [0, 0.1) is 5.92 Å². The summed E-state index contributed by atoms with van der Waals surface area (Å²) in [7, 11) is 1.31. The van der Waals surface area contributed by atoms with Gasteiger partial charge in [-0.3, -0.25) is 19.2 Å². The molecule has 0 saturated carbocycles. The maximum Gasteiger partial charge on any atom is 0.323 e. The molecule has 46 heavy (non-hydrogen) atoms. The molecule has 0 amide bonds. The Morgan fingerprint density at radius 2 is 1.78 bits per heavy atom. The Morgan fingerprint density at radius 3 is 2.41 bits per heavy atom. The molecule has 7 atom stereocenters. The standard InChI is InChI=1S/C32H38N2O12/c1-12(2)25(34)31(41)44-11-19(35)32(42)9-15-22(18(10-32)46-20-8-16(33)26(36)13(3)45-20)30(40)24-23(28(15)38)27(37)14-6-5-7-17(43-4)21(14)29(24)39/h5-7,12-13,16,18,20,25-26,36,38,40,42H,8-11,33-34H2,1-4H3/t13?,16?,18-,20?,25-,26?,32-/m0/s1. The number of benzene rings is 2. The third-order valence-corrected chi connectivity index (χ3v) is 9.00. The minimum atomic E-state index is -2.34. The fourth-order valence-electron chi connectivity index (χ4n) is 6.24.